The minimum Gasteiger partial charge on any atom is -0.379 e. The first-order valence-corrected chi connectivity index (χ1v) is 12.0. The minimum absolute atomic E-state index is 0.303. The van der Waals surface area contributed by atoms with Gasteiger partial charge in [0, 0.05) is 70.9 Å². The zero-order valence-electron chi connectivity index (χ0n) is 19.1. The Hall–Kier alpha value is -1.38. The van der Waals surface area contributed by atoms with Crippen molar-refractivity contribution in [2.75, 3.05) is 78.7 Å². The molecule has 2 N–H and O–H groups in total. The highest BCUT2D eigenvalue weighted by Crippen LogP contribution is 2.26. The van der Waals surface area contributed by atoms with Crippen LogP contribution < -0.4 is 10.6 Å². The number of amides is 1. The largest absolute Gasteiger partial charge is 0.379 e. The van der Waals surface area contributed by atoms with Crippen molar-refractivity contribution in [1.29, 1.82) is 0 Å². The number of ether oxygens (including phenoxy) is 1. The predicted octanol–water partition coefficient (Wildman–Crippen LogP) is 0.597. The Labute approximate surface area is 182 Å². The lowest BCUT2D eigenvalue weighted by Crippen LogP contribution is -2.52. The Morgan fingerprint density at radius 2 is 1.77 bits per heavy atom. The summed E-state index contributed by atoms with van der Waals surface area (Å²) in [5.74, 6) is 1.60. The first-order chi connectivity index (χ1) is 14.7. The Kier molecular flexibility index (Phi) is 9.68. The zero-order chi connectivity index (χ0) is 21.2. The summed E-state index contributed by atoms with van der Waals surface area (Å²) in [6.07, 6.45) is 4.64. The van der Waals surface area contributed by atoms with Gasteiger partial charge in [-0.05, 0) is 26.7 Å². The number of hydrogen-bond acceptors (Lipinski definition) is 5. The topological polar surface area (TPSA) is 72.4 Å². The van der Waals surface area contributed by atoms with E-state index in [-0.39, 0.29) is 0 Å². The van der Waals surface area contributed by atoms with Crippen LogP contribution in [0.3, 0.4) is 0 Å². The van der Waals surface area contributed by atoms with Crippen LogP contribution in [0, 0.1) is 5.92 Å². The van der Waals surface area contributed by atoms with Gasteiger partial charge in [0.05, 0.1) is 19.8 Å². The van der Waals surface area contributed by atoms with E-state index < -0.39 is 0 Å². The molecule has 1 aliphatic carbocycles. The first-order valence-electron chi connectivity index (χ1n) is 12.0. The molecule has 0 aromatic heterocycles. The van der Waals surface area contributed by atoms with Gasteiger partial charge in [0.1, 0.15) is 0 Å². The SMILES string of the molecule is CCNC(=NCC(C)N1CCOCC1)NCCN1CCN(C(=O)C2CCCC2)CC1. The Morgan fingerprint density at radius 1 is 1.07 bits per heavy atom. The van der Waals surface area contributed by atoms with E-state index in [1.807, 2.05) is 0 Å². The van der Waals surface area contributed by atoms with Crippen molar-refractivity contribution >= 4 is 11.9 Å². The summed E-state index contributed by atoms with van der Waals surface area (Å²) >= 11 is 0. The standard InChI is InChI=1S/C22H42N6O2/c1-3-23-22(25-18-19(2)27-14-16-30-17-15-27)24-8-9-26-10-12-28(13-11-26)21(29)20-6-4-5-7-20/h19-20H,3-18H2,1-2H3,(H2,23,24,25). The number of carbonyl (C=O) groups is 1. The molecule has 0 bridgehead atoms. The highest BCUT2D eigenvalue weighted by Gasteiger charge is 2.29. The van der Waals surface area contributed by atoms with Crippen molar-refractivity contribution in [3.63, 3.8) is 0 Å². The number of carbonyl (C=O) groups excluding carboxylic acids is 1. The molecule has 1 atom stereocenters. The van der Waals surface area contributed by atoms with Gasteiger partial charge in [0.25, 0.3) is 0 Å². The van der Waals surface area contributed by atoms with Crippen molar-refractivity contribution in [3.8, 4) is 0 Å². The number of nitrogens with one attached hydrogen (secondary N) is 2. The highest BCUT2D eigenvalue weighted by atomic mass is 16.5. The summed E-state index contributed by atoms with van der Waals surface area (Å²) in [6, 6.07) is 0.426. The molecule has 1 amide bonds. The van der Waals surface area contributed by atoms with Gasteiger partial charge >= 0.3 is 0 Å². The van der Waals surface area contributed by atoms with E-state index in [0.29, 0.717) is 17.9 Å². The van der Waals surface area contributed by atoms with E-state index in [4.69, 9.17) is 9.73 Å². The van der Waals surface area contributed by atoms with Crippen LogP contribution in [-0.2, 0) is 9.53 Å². The Bertz CT molecular complexity index is 538. The van der Waals surface area contributed by atoms with E-state index in [2.05, 4.69) is 39.2 Å². The van der Waals surface area contributed by atoms with Crippen LogP contribution in [0.25, 0.3) is 0 Å². The molecular formula is C22H42N6O2. The summed E-state index contributed by atoms with van der Waals surface area (Å²) in [5.41, 5.74) is 0. The molecule has 1 unspecified atom stereocenters. The van der Waals surface area contributed by atoms with Crippen LogP contribution in [0.15, 0.2) is 4.99 Å². The third kappa shape index (κ3) is 7.10. The van der Waals surface area contributed by atoms with Crippen molar-refractivity contribution < 1.29 is 9.53 Å². The smallest absolute Gasteiger partial charge is 0.225 e. The van der Waals surface area contributed by atoms with E-state index >= 15 is 0 Å². The third-order valence-electron chi connectivity index (χ3n) is 6.64. The molecule has 8 nitrogen and oxygen atoms in total. The normalized spacial score (nSPS) is 23.5. The third-order valence-corrected chi connectivity index (χ3v) is 6.64. The van der Waals surface area contributed by atoms with Crippen molar-refractivity contribution in [3.05, 3.63) is 0 Å². The molecule has 2 heterocycles. The second kappa shape index (κ2) is 12.5. The maximum Gasteiger partial charge on any atom is 0.225 e. The number of hydrogen-bond donors (Lipinski definition) is 2. The maximum atomic E-state index is 12.6. The van der Waals surface area contributed by atoms with Gasteiger partial charge in [-0.2, -0.15) is 0 Å². The molecule has 0 radical (unpaired) electrons. The maximum absolute atomic E-state index is 12.6. The van der Waals surface area contributed by atoms with Crippen molar-refractivity contribution in [1.82, 2.24) is 25.3 Å². The van der Waals surface area contributed by atoms with Crippen LogP contribution in [0.2, 0.25) is 0 Å². The molecule has 0 spiro atoms. The van der Waals surface area contributed by atoms with Gasteiger partial charge in [-0.3, -0.25) is 19.6 Å². The fourth-order valence-electron chi connectivity index (χ4n) is 4.65. The van der Waals surface area contributed by atoms with E-state index in [1.54, 1.807) is 0 Å². The molecule has 1 saturated carbocycles. The predicted molar refractivity (Wildman–Crippen MR) is 121 cm³/mol. The number of rotatable bonds is 8. The lowest BCUT2D eigenvalue weighted by Gasteiger charge is -2.36. The molecule has 2 aliphatic heterocycles. The quantitative estimate of drug-likeness (QED) is 0.441. The van der Waals surface area contributed by atoms with Crippen molar-refractivity contribution in [2.45, 2.75) is 45.6 Å². The average molecular weight is 423 g/mol. The van der Waals surface area contributed by atoms with E-state index in [1.165, 1.54) is 12.8 Å². The molecule has 30 heavy (non-hydrogen) atoms. The van der Waals surface area contributed by atoms with Gasteiger partial charge in [-0.15, -0.1) is 0 Å². The molecule has 172 valence electrons. The molecule has 0 aromatic carbocycles. The second-order valence-electron chi connectivity index (χ2n) is 8.79. The summed E-state index contributed by atoms with van der Waals surface area (Å²) in [6.45, 7) is 15.2. The summed E-state index contributed by atoms with van der Waals surface area (Å²) in [7, 11) is 0. The Morgan fingerprint density at radius 3 is 2.43 bits per heavy atom. The fraction of sp³-hybridized carbons (Fsp3) is 0.909. The molecule has 3 aliphatic rings. The molecule has 3 rings (SSSR count). The van der Waals surface area contributed by atoms with Gasteiger partial charge in [-0.1, -0.05) is 12.8 Å². The van der Waals surface area contributed by atoms with Crippen LogP contribution in [0.1, 0.15) is 39.5 Å². The number of morpholine rings is 1. The van der Waals surface area contributed by atoms with Gasteiger partial charge in [0.2, 0.25) is 5.91 Å². The molecular weight excluding hydrogens is 380 g/mol. The molecule has 2 saturated heterocycles. The summed E-state index contributed by atoms with van der Waals surface area (Å²) in [4.78, 5) is 24.4. The molecule has 0 aromatic rings. The van der Waals surface area contributed by atoms with E-state index in [9.17, 15) is 4.79 Å². The molecule has 3 fully saturated rings. The van der Waals surface area contributed by atoms with Crippen molar-refractivity contribution in [2.24, 2.45) is 10.9 Å². The minimum atomic E-state index is 0.303. The number of aliphatic imine (C=N–C) groups is 1. The zero-order valence-corrected chi connectivity index (χ0v) is 19.1. The monoisotopic (exact) mass is 422 g/mol. The lowest BCUT2D eigenvalue weighted by atomic mass is 10.1. The van der Waals surface area contributed by atoms with Gasteiger partial charge < -0.3 is 20.3 Å². The first kappa shape index (κ1) is 23.3. The van der Waals surface area contributed by atoms with Gasteiger partial charge in [-0.25, -0.2) is 0 Å². The average Bonchev–Trinajstić information content (AvgIpc) is 3.33. The summed E-state index contributed by atoms with van der Waals surface area (Å²) in [5, 5.41) is 6.83. The molecule has 8 heteroatoms. The number of nitrogens with zero attached hydrogens (tertiary/aromatic N) is 4. The fourth-order valence-corrected chi connectivity index (χ4v) is 4.65. The Balaban J connectivity index is 1.34. The van der Waals surface area contributed by atoms with Crippen LogP contribution in [-0.4, -0.2) is 111 Å². The summed E-state index contributed by atoms with van der Waals surface area (Å²) < 4.78 is 5.44. The van der Waals surface area contributed by atoms with Gasteiger partial charge in [0.15, 0.2) is 5.96 Å². The van der Waals surface area contributed by atoms with E-state index in [0.717, 1.165) is 97.5 Å². The second-order valence-corrected chi connectivity index (χ2v) is 8.79. The lowest BCUT2D eigenvalue weighted by molar-refractivity contribution is -0.137. The number of guanidine groups is 1. The highest BCUT2D eigenvalue weighted by molar-refractivity contribution is 5.80. The van der Waals surface area contributed by atoms with Crippen LogP contribution >= 0.6 is 0 Å². The van der Waals surface area contributed by atoms with Crippen LogP contribution in [0.5, 0.6) is 0 Å². The van der Waals surface area contributed by atoms with Crippen LogP contribution in [0.4, 0.5) is 0 Å². The number of piperazine rings is 1.